The van der Waals surface area contributed by atoms with Crippen LogP contribution in [-0.2, 0) is 7.05 Å². The minimum Gasteiger partial charge on any atom is -0.475 e. The van der Waals surface area contributed by atoms with Gasteiger partial charge in [0, 0.05) is 13.1 Å². The number of hydrogen-bond donors (Lipinski definition) is 2. The molecule has 1 atom stereocenters. The van der Waals surface area contributed by atoms with Gasteiger partial charge in [-0.05, 0) is 18.2 Å². The number of hydrogen-bond acceptors (Lipinski definition) is 5. The highest BCUT2D eigenvalue weighted by molar-refractivity contribution is 6.34. The predicted octanol–water partition coefficient (Wildman–Crippen LogP) is 3.40. The number of carboxylic acid groups (broad SMARTS) is 1. The maximum atomic E-state index is 15.0. The summed E-state index contributed by atoms with van der Waals surface area (Å²) in [6.45, 7) is 0. The van der Waals surface area contributed by atoms with E-state index in [2.05, 4.69) is 5.10 Å². The highest BCUT2D eigenvalue weighted by Gasteiger charge is 2.41. The fourth-order valence-electron chi connectivity index (χ4n) is 2.88. The molecule has 15 heteroatoms. The van der Waals surface area contributed by atoms with E-state index in [1.807, 2.05) is 5.32 Å². The Morgan fingerprint density at radius 2 is 1.92 bits per heavy atom. The third-order valence-corrected chi connectivity index (χ3v) is 4.90. The van der Waals surface area contributed by atoms with E-state index < -0.39 is 70.0 Å². The summed E-state index contributed by atoms with van der Waals surface area (Å²) < 4.78 is 74.4. The van der Waals surface area contributed by atoms with E-state index >= 15 is 0 Å². The number of carbonyl (C=O) groups excluding carboxylic acids is 1. The Kier molecular flexibility index (Phi) is 7.07. The van der Waals surface area contributed by atoms with Crippen molar-refractivity contribution in [2.45, 2.75) is 12.3 Å². The van der Waals surface area contributed by atoms with Gasteiger partial charge in [-0.25, -0.2) is 18.4 Å². The Labute approximate surface area is 202 Å². The summed E-state index contributed by atoms with van der Waals surface area (Å²) in [6, 6.07) is 4.21. The molecule has 2 aromatic carbocycles. The molecular formula is C21H12ClF5N4O5. The quantitative estimate of drug-likeness (QED) is 0.373. The normalized spacial score (nSPS) is 12.1. The predicted molar refractivity (Wildman–Crippen MR) is 114 cm³/mol. The van der Waals surface area contributed by atoms with Gasteiger partial charge in [0.25, 0.3) is 12.0 Å². The fourth-order valence-corrected chi connectivity index (χ4v) is 3.09. The molecule has 0 fully saturated rings. The van der Waals surface area contributed by atoms with Crippen LogP contribution in [0.4, 0.5) is 27.6 Å². The maximum Gasteiger partial charge on any atom is 0.437 e. The van der Waals surface area contributed by atoms with Crippen molar-refractivity contribution in [3.8, 4) is 23.8 Å². The van der Waals surface area contributed by atoms with Crippen LogP contribution in [0.5, 0.6) is 5.75 Å². The van der Waals surface area contributed by atoms with Crippen LogP contribution < -0.4 is 15.7 Å². The summed E-state index contributed by atoms with van der Waals surface area (Å²) >= 11 is 5.83. The summed E-state index contributed by atoms with van der Waals surface area (Å²) in [5, 5.41) is 14.3. The molecule has 3 aromatic rings. The van der Waals surface area contributed by atoms with Gasteiger partial charge in [-0.15, -0.1) is 11.5 Å². The van der Waals surface area contributed by atoms with Crippen LogP contribution in [0.2, 0.25) is 5.02 Å². The largest absolute Gasteiger partial charge is 0.475 e. The second-order valence-corrected chi connectivity index (χ2v) is 7.35. The fraction of sp³-hybridized carbons (Fsp3) is 0.143. The molecule has 0 bridgehead atoms. The molecule has 3 rings (SSSR count). The van der Waals surface area contributed by atoms with Gasteiger partial charge in [-0.3, -0.25) is 9.36 Å². The van der Waals surface area contributed by atoms with Crippen LogP contribution in [-0.4, -0.2) is 43.6 Å². The molecule has 0 unspecified atom stereocenters. The van der Waals surface area contributed by atoms with Crippen molar-refractivity contribution in [2.24, 2.45) is 7.05 Å². The van der Waals surface area contributed by atoms with E-state index in [0.29, 0.717) is 16.7 Å². The number of amides is 1. The zero-order valence-electron chi connectivity index (χ0n) is 17.7. The average Bonchev–Trinajstić information content (AvgIpc) is 3.08. The molecule has 1 heterocycles. The number of halogens is 6. The topological polar surface area (TPSA) is 115 Å². The number of anilines is 1. The van der Waals surface area contributed by atoms with Gasteiger partial charge < -0.3 is 15.2 Å². The number of carbonyl (C=O) groups is 2. The highest BCUT2D eigenvalue weighted by atomic mass is 35.5. The van der Waals surface area contributed by atoms with E-state index in [1.54, 1.807) is 0 Å². The number of nitrogens with zero attached hydrogens (tertiary/aromatic N) is 3. The van der Waals surface area contributed by atoms with E-state index in [9.17, 15) is 36.3 Å². The Bertz CT molecular complexity index is 1450. The standard InChI is InChI=1S/C21H12ClF5N4O5/c1-3-15(21(25,26)27)36-14-8-13(31-20(35)30(2)17(29-31)19(33)34)12(24)7-9(14)18(32)28-16-10(22)5-4-6-11(16)23/h1,4-8,15H,2H3,(H,28,32)(H,33,34)/t15-/m0/s1. The molecule has 0 saturated heterocycles. The van der Waals surface area contributed by atoms with Crippen LogP contribution >= 0.6 is 11.6 Å². The summed E-state index contributed by atoms with van der Waals surface area (Å²) in [5.74, 6) is -5.89. The number of alkyl halides is 3. The van der Waals surface area contributed by atoms with E-state index in [-0.39, 0.29) is 9.70 Å². The summed E-state index contributed by atoms with van der Waals surface area (Å²) in [6.07, 6.45) is -3.17. The van der Waals surface area contributed by atoms with E-state index in [4.69, 9.17) is 27.9 Å². The first kappa shape index (κ1) is 26.2. The van der Waals surface area contributed by atoms with Crippen molar-refractivity contribution in [2.75, 3.05) is 5.32 Å². The number of aromatic carboxylic acids is 1. The molecule has 36 heavy (non-hydrogen) atoms. The first-order valence-corrected chi connectivity index (χ1v) is 9.82. The van der Waals surface area contributed by atoms with Gasteiger partial charge in [0.15, 0.2) is 0 Å². The molecule has 0 aliphatic heterocycles. The lowest BCUT2D eigenvalue weighted by atomic mass is 10.1. The molecule has 1 amide bonds. The Balaban J connectivity index is 2.20. The molecule has 1 aromatic heterocycles. The number of nitrogens with one attached hydrogen (secondary N) is 1. The maximum absolute atomic E-state index is 15.0. The van der Waals surface area contributed by atoms with Crippen LogP contribution in [0.3, 0.4) is 0 Å². The minimum absolute atomic E-state index is 0.236. The molecular weight excluding hydrogens is 519 g/mol. The summed E-state index contributed by atoms with van der Waals surface area (Å²) in [5.41, 5.74) is -3.49. The number of aromatic nitrogens is 3. The van der Waals surface area contributed by atoms with Crippen LogP contribution in [0.25, 0.3) is 5.69 Å². The smallest absolute Gasteiger partial charge is 0.437 e. The van der Waals surface area contributed by atoms with Crippen molar-refractivity contribution in [3.63, 3.8) is 0 Å². The van der Waals surface area contributed by atoms with Gasteiger partial charge in [0.1, 0.15) is 23.1 Å². The lowest BCUT2D eigenvalue weighted by Gasteiger charge is -2.20. The monoisotopic (exact) mass is 530 g/mol. The van der Waals surface area contributed by atoms with E-state index in [1.165, 1.54) is 18.1 Å². The molecule has 0 radical (unpaired) electrons. The zero-order valence-corrected chi connectivity index (χ0v) is 18.5. The van der Waals surface area contributed by atoms with Crippen LogP contribution in [0.15, 0.2) is 35.1 Å². The van der Waals surface area contributed by atoms with Crippen molar-refractivity contribution in [1.82, 2.24) is 14.3 Å². The molecule has 0 aliphatic carbocycles. The van der Waals surface area contributed by atoms with Gasteiger partial charge in [-0.1, -0.05) is 23.6 Å². The Morgan fingerprint density at radius 3 is 2.44 bits per heavy atom. The lowest BCUT2D eigenvalue weighted by molar-refractivity contribution is -0.177. The van der Waals surface area contributed by atoms with Gasteiger partial charge in [0.05, 0.1) is 16.3 Å². The van der Waals surface area contributed by atoms with Crippen molar-refractivity contribution in [1.29, 1.82) is 0 Å². The van der Waals surface area contributed by atoms with Crippen molar-refractivity contribution < 1.29 is 41.4 Å². The molecule has 9 nitrogen and oxygen atoms in total. The summed E-state index contributed by atoms with van der Waals surface area (Å²) in [4.78, 5) is 36.4. The Morgan fingerprint density at radius 1 is 1.25 bits per heavy atom. The van der Waals surface area contributed by atoms with Crippen molar-refractivity contribution >= 4 is 29.2 Å². The minimum atomic E-state index is -5.13. The molecule has 0 aliphatic rings. The third kappa shape index (κ3) is 5.01. The molecule has 0 spiro atoms. The number of para-hydroxylation sites is 1. The van der Waals surface area contributed by atoms with Crippen LogP contribution in [0.1, 0.15) is 21.0 Å². The van der Waals surface area contributed by atoms with Crippen LogP contribution in [0, 0.1) is 24.0 Å². The average molecular weight is 531 g/mol. The van der Waals surface area contributed by atoms with Gasteiger partial charge in [-0.2, -0.15) is 17.9 Å². The SMILES string of the molecule is C#C[C@H](Oc1cc(-n2nc(C(=O)O)n(C)c2=O)c(F)cc1C(=O)Nc1c(F)cccc1Cl)C(F)(F)F. The van der Waals surface area contributed by atoms with Gasteiger partial charge >= 0.3 is 17.8 Å². The first-order valence-electron chi connectivity index (χ1n) is 9.44. The Hall–Kier alpha value is -4.38. The molecule has 2 N–H and O–H groups in total. The number of rotatable bonds is 6. The third-order valence-electron chi connectivity index (χ3n) is 4.59. The molecule has 188 valence electrons. The first-order chi connectivity index (χ1) is 16.8. The van der Waals surface area contributed by atoms with Gasteiger partial charge in [0.2, 0.25) is 5.82 Å². The zero-order chi connectivity index (χ0) is 26.9. The number of ether oxygens (including phenoxy) is 1. The second kappa shape index (κ2) is 9.70. The van der Waals surface area contributed by atoms with Crippen molar-refractivity contribution in [3.05, 3.63) is 68.9 Å². The lowest BCUT2D eigenvalue weighted by Crippen LogP contribution is -2.33. The highest BCUT2D eigenvalue weighted by Crippen LogP contribution is 2.32. The molecule has 0 saturated carbocycles. The number of benzene rings is 2. The van der Waals surface area contributed by atoms with E-state index in [0.717, 1.165) is 13.1 Å². The number of carboxylic acids is 1. The number of terminal acetylenes is 1. The second-order valence-electron chi connectivity index (χ2n) is 6.94. The summed E-state index contributed by atoms with van der Waals surface area (Å²) in [7, 11) is 1.00.